The van der Waals surface area contributed by atoms with Crippen molar-refractivity contribution >= 4 is 27.7 Å². The van der Waals surface area contributed by atoms with Crippen molar-refractivity contribution in [3.63, 3.8) is 0 Å². The normalized spacial score (nSPS) is 17.3. The Kier molecular flexibility index (Phi) is 3.80. The van der Waals surface area contributed by atoms with Crippen LogP contribution in [-0.2, 0) is 0 Å². The fraction of sp³-hybridized carbons (Fsp3) is 0.200. The van der Waals surface area contributed by atoms with Crippen LogP contribution in [0.1, 0.15) is 11.5 Å². The van der Waals surface area contributed by atoms with Gasteiger partial charge in [0.05, 0.1) is 11.1 Å². The second-order valence-corrected chi connectivity index (χ2v) is 6.35. The summed E-state index contributed by atoms with van der Waals surface area (Å²) < 4.78 is 19.7. The predicted octanol–water partition coefficient (Wildman–Crippen LogP) is 4.86. The van der Waals surface area contributed by atoms with Crippen LogP contribution in [-0.4, -0.2) is 12.4 Å². The Hall–Kier alpha value is -1.00. The summed E-state index contributed by atoms with van der Waals surface area (Å²) in [5.41, 5.74) is 1.33. The Bertz CT molecular complexity index is 602. The average molecular weight is 339 g/mol. The molecule has 19 heavy (non-hydrogen) atoms. The standard InChI is InChI=1S/C15H12BrFOS/c16-13-6-5-11(17)7-14(13)18-8-10-9-19-15-4-2-1-3-12(10)15/h1-7,10H,8-9H2. The molecule has 0 aliphatic carbocycles. The maximum absolute atomic E-state index is 13.2. The third kappa shape index (κ3) is 2.79. The molecule has 1 atom stereocenters. The molecule has 0 saturated heterocycles. The summed E-state index contributed by atoms with van der Waals surface area (Å²) >= 11 is 5.23. The topological polar surface area (TPSA) is 9.23 Å². The van der Waals surface area contributed by atoms with E-state index in [1.54, 1.807) is 6.07 Å². The monoisotopic (exact) mass is 338 g/mol. The van der Waals surface area contributed by atoms with E-state index in [0.29, 0.717) is 18.3 Å². The zero-order valence-corrected chi connectivity index (χ0v) is 12.5. The second kappa shape index (κ2) is 5.55. The van der Waals surface area contributed by atoms with Gasteiger partial charge in [0.2, 0.25) is 0 Å². The lowest BCUT2D eigenvalue weighted by atomic mass is 10.0. The minimum Gasteiger partial charge on any atom is -0.492 e. The zero-order valence-electron chi connectivity index (χ0n) is 10.1. The smallest absolute Gasteiger partial charge is 0.136 e. The Labute approximate surface area is 124 Å². The number of fused-ring (bicyclic) bond motifs is 1. The largest absolute Gasteiger partial charge is 0.492 e. The predicted molar refractivity (Wildman–Crippen MR) is 79.5 cm³/mol. The van der Waals surface area contributed by atoms with Crippen molar-refractivity contribution < 1.29 is 9.13 Å². The number of halogens is 2. The maximum atomic E-state index is 13.2. The van der Waals surface area contributed by atoms with Gasteiger partial charge >= 0.3 is 0 Å². The molecule has 3 rings (SSSR count). The molecule has 0 N–H and O–H groups in total. The van der Waals surface area contributed by atoms with E-state index >= 15 is 0 Å². The van der Waals surface area contributed by atoms with E-state index < -0.39 is 0 Å². The number of hydrogen-bond acceptors (Lipinski definition) is 2. The van der Waals surface area contributed by atoms with Gasteiger partial charge < -0.3 is 4.74 Å². The molecular weight excluding hydrogens is 327 g/mol. The first-order valence-corrected chi connectivity index (χ1v) is 7.81. The number of benzene rings is 2. The molecule has 4 heteroatoms. The quantitative estimate of drug-likeness (QED) is 0.790. The fourth-order valence-electron chi connectivity index (χ4n) is 2.15. The van der Waals surface area contributed by atoms with Gasteiger partial charge in [0, 0.05) is 22.6 Å². The van der Waals surface area contributed by atoms with Crippen LogP contribution in [0.15, 0.2) is 51.8 Å². The summed E-state index contributed by atoms with van der Waals surface area (Å²) in [6.45, 7) is 0.575. The molecule has 98 valence electrons. The lowest BCUT2D eigenvalue weighted by molar-refractivity contribution is 0.295. The van der Waals surface area contributed by atoms with Crippen LogP contribution in [0.2, 0.25) is 0 Å². The molecule has 2 aromatic rings. The van der Waals surface area contributed by atoms with Crippen molar-refractivity contribution in [1.82, 2.24) is 0 Å². The van der Waals surface area contributed by atoms with Gasteiger partial charge in [0.15, 0.2) is 0 Å². The van der Waals surface area contributed by atoms with E-state index in [1.165, 1.54) is 22.6 Å². The Morgan fingerprint density at radius 2 is 2.11 bits per heavy atom. The van der Waals surface area contributed by atoms with Gasteiger partial charge in [-0.2, -0.15) is 0 Å². The van der Waals surface area contributed by atoms with Crippen molar-refractivity contribution in [2.75, 3.05) is 12.4 Å². The molecular formula is C15H12BrFOS. The van der Waals surface area contributed by atoms with Crippen LogP contribution in [0.4, 0.5) is 4.39 Å². The van der Waals surface area contributed by atoms with E-state index in [2.05, 4.69) is 40.2 Å². The first-order valence-electron chi connectivity index (χ1n) is 6.03. The van der Waals surface area contributed by atoms with Crippen LogP contribution in [0.3, 0.4) is 0 Å². The molecule has 0 bridgehead atoms. The van der Waals surface area contributed by atoms with Gasteiger partial charge in [-0.1, -0.05) is 18.2 Å². The molecule has 1 aliphatic rings. The first kappa shape index (κ1) is 13.0. The molecule has 1 nitrogen and oxygen atoms in total. The SMILES string of the molecule is Fc1ccc(Br)c(OCC2CSc3ccccc32)c1. The molecule has 0 amide bonds. The van der Waals surface area contributed by atoms with Crippen molar-refractivity contribution in [2.24, 2.45) is 0 Å². The van der Waals surface area contributed by atoms with Gasteiger partial charge in [0.1, 0.15) is 11.6 Å². The van der Waals surface area contributed by atoms with Crippen LogP contribution < -0.4 is 4.74 Å². The summed E-state index contributed by atoms with van der Waals surface area (Å²) in [4.78, 5) is 1.33. The highest BCUT2D eigenvalue weighted by atomic mass is 79.9. The molecule has 1 aliphatic heterocycles. The highest BCUT2D eigenvalue weighted by Gasteiger charge is 2.23. The number of hydrogen-bond donors (Lipinski definition) is 0. The molecule has 0 spiro atoms. The molecule has 0 radical (unpaired) electrons. The van der Waals surface area contributed by atoms with E-state index in [4.69, 9.17) is 4.74 Å². The molecule has 0 fully saturated rings. The summed E-state index contributed by atoms with van der Waals surface area (Å²) in [6.07, 6.45) is 0. The Morgan fingerprint density at radius 3 is 3.00 bits per heavy atom. The van der Waals surface area contributed by atoms with Gasteiger partial charge in [0.25, 0.3) is 0 Å². The van der Waals surface area contributed by atoms with Gasteiger partial charge in [-0.25, -0.2) is 4.39 Å². The van der Waals surface area contributed by atoms with Crippen molar-refractivity contribution in [2.45, 2.75) is 10.8 Å². The van der Waals surface area contributed by atoms with Gasteiger partial charge in [-0.3, -0.25) is 0 Å². The number of rotatable bonds is 3. The molecule has 0 saturated carbocycles. The fourth-order valence-corrected chi connectivity index (χ4v) is 3.74. The molecule has 1 heterocycles. The first-order chi connectivity index (χ1) is 9.24. The minimum atomic E-state index is -0.278. The zero-order chi connectivity index (χ0) is 13.2. The maximum Gasteiger partial charge on any atom is 0.136 e. The van der Waals surface area contributed by atoms with Crippen molar-refractivity contribution in [3.05, 3.63) is 58.3 Å². The van der Waals surface area contributed by atoms with E-state index in [-0.39, 0.29) is 5.82 Å². The summed E-state index contributed by atoms with van der Waals surface area (Å²) in [7, 11) is 0. The van der Waals surface area contributed by atoms with Crippen LogP contribution >= 0.6 is 27.7 Å². The van der Waals surface area contributed by atoms with E-state index in [0.717, 1.165) is 10.2 Å². The molecule has 2 aromatic carbocycles. The average Bonchev–Trinajstić information content (AvgIpc) is 2.83. The van der Waals surface area contributed by atoms with Gasteiger partial charge in [-0.15, -0.1) is 11.8 Å². The van der Waals surface area contributed by atoms with E-state index in [1.807, 2.05) is 11.8 Å². The second-order valence-electron chi connectivity index (χ2n) is 4.43. The summed E-state index contributed by atoms with van der Waals surface area (Å²) in [5.74, 6) is 1.68. The minimum absolute atomic E-state index is 0.278. The van der Waals surface area contributed by atoms with Crippen LogP contribution in [0.5, 0.6) is 5.75 Å². The number of thioether (sulfide) groups is 1. The lowest BCUT2D eigenvalue weighted by Crippen LogP contribution is -2.10. The van der Waals surface area contributed by atoms with Crippen LogP contribution in [0, 0.1) is 5.82 Å². The van der Waals surface area contributed by atoms with Crippen molar-refractivity contribution in [1.29, 1.82) is 0 Å². The highest BCUT2D eigenvalue weighted by molar-refractivity contribution is 9.10. The van der Waals surface area contributed by atoms with Gasteiger partial charge in [-0.05, 0) is 39.7 Å². The number of ether oxygens (including phenoxy) is 1. The summed E-state index contributed by atoms with van der Waals surface area (Å²) in [6, 6.07) is 12.9. The van der Waals surface area contributed by atoms with Crippen molar-refractivity contribution in [3.8, 4) is 5.75 Å². The molecule has 1 unspecified atom stereocenters. The Morgan fingerprint density at radius 1 is 1.26 bits per heavy atom. The van der Waals surface area contributed by atoms with E-state index in [9.17, 15) is 4.39 Å². The van der Waals surface area contributed by atoms with Crippen LogP contribution in [0.25, 0.3) is 0 Å². The third-order valence-corrected chi connectivity index (χ3v) is 5.04. The molecule has 0 aromatic heterocycles. The highest BCUT2D eigenvalue weighted by Crippen LogP contribution is 2.39. The Balaban J connectivity index is 1.72. The summed E-state index contributed by atoms with van der Waals surface area (Å²) in [5, 5.41) is 0. The third-order valence-electron chi connectivity index (χ3n) is 3.13. The lowest BCUT2D eigenvalue weighted by Gasteiger charge is -2.13.